The first-order valence-corrected chi connectivity index (χ1v) is 10.6. The van der Waals surface area contributed by atoms with Crippen molar-refractivity contribution in [1.82, 2.24) is 19.7 Å². The van der Waals surface area contributed by atoms with Gasteiger partial charge in [-0.2, -0.15) is 0 Å². The molecule has 3 aromatic rings. The van der Waals surface area contributed by atoms with Crippen molar-refractivity contribution in [2.24, 2.45) is 7.05 Å². The molecule has 0 spiro atoms. The molecule has 2 heterocycles. The molecule has 2 aromatic carbocycles. The van der Waals surface area contributed by atoms with Crippen molar-refractivity contribution in [3.63, 3.8) is 0 Å². The summed E-state index contributed by atoms with van der Waals surface area (Å²) in [5.41, 5.74) is 0. The zero-order chi connectivity index (χ0) is 18.5. The van der Waals surface area contributed by atoms with Gasteiger partial charge in [0, 0.05) is 19.3 Å². The Balaban J connectivity index is 1.31. The van der Waals surface area contributed by atoms with Gasteiger partial charge in [0.25, 0.3) is 0 Å². The van der Waals surface area contributed by atoms with Crippen LogP contribution in [-0.4, -0.2) is 45.1 Å². The molecule has 0 aliphatic carbocycles. The summed E-state index contributed by atoms with van der Waals surface area (Å²) in [4.78, 5) is 2.55. The second-order valence-electron chi connectivity index (χ2n) is 7.01. The highest BCUT2D eigenvalue weighted by Gasteiger charge is 2.13. The first-order chi connectivity index (χ1) is 13.3. The van der Waals surface area contributed by atoms with E-state index in [1.807, 2.05) is 29.8 Å². The van der Waals surface area contributed by atoms with Crippen molar-refractivity contribution in [2.45, 2.75) is 31.0 Å². The molecule has 1 saturated heterocycles. The largest absolute Gasteiger partial charge is 0.486 e. The number of thioether (sulfide) groups is 1. The lowest BCUT2D eigenvalue weighted by atomic mass is 10.1. The molecule has 1 fully saturated rings. The lowest BCUT2D eigenvalue weighted by Crippen LogP contribution is -2.31. The summed E-state index contributed by atoms with van der Waals surface area (Å²) in [6.45, 7) is 4.03. The molecule has 0 unspecified atom stereocenters. The van der Waals surface area contributed by atoms with Crippen LogP contribution < -0.4 is 4.74 Å². The highest BCUT2D eigenvalue weighted by atomic mass is 32.2. The molecule has 1 aromatic heterocycles. The van der Waals surface area contributed by atoms with Crippen molar-refractivity contribution >= 4 is 22.5 Å². The fourth-order valence-corrected chi connectivity index (χ4v) is 4.38. The molecule has 1 aliphatic rings. The minimum absolute atomic E-state index is 0.425. The van der Waals surface area contributed by atoms with Crippen LogP contribution in [0, 0.1) is 0 Å². The molecule has 6 heteroatoms. The third-order valence-corrected chi connectivity index (χ3v) is 6.10. The maximum atomic E-state index is 5.95. The maximum Gasteiger partial charge on any atom is 0.191 e. The highest BCUT2D eigenvalue weighted by Crippen LogP contribution is 2.22. The minimum atomic E-state index is 0.425. The quantitative estimate of drug-likeness (QED) is 0.575. The summed E-state index contributed by atoms with van der Waals surface area (Å²) in [6, 6.07) is 14.5. The zero-order valence-corrected chi connectivity index (χ0v) is 16.6. The van der Waals surface area contributed by atoms with Crippen LogP contribution in [0.1, 0.15) is 25.1 Å². The van der Waals surface area contributed by atoms with Gasteiger partial charge in [-0.15, -0.1) is 10.2 Å². The number of nitrogens with zero attached hydrogens (tertiary/aromatic N) is 4. The van der Waals surface area contributed by atoms with E-state index in [0.717, 1.165) is 29.0 Å². The number of piperidine rings is 1. The lowest BCUT2D eigenvalue weighted by Gasteiger charge is -2.25. The SMILES string of the molecule is Cn1c(COc2ccc3ccccc3c2)nnc1SCCN1CCCCC1. The molecule has 0 saturated carbocycles. The number of fused-ring (bicyclic) bond motifs is 1. The molecule has 0 radical (unpaired) electrons. The topological polar surface area (TPSA) is 43.2 Å². The van der Waals surface area contributed by atoms with E-state index in [-0.39, 0.29) is 0 Å². The van der Waals surface area contributed by atoms with Crippen LogP contribution in [0.5, 0.6) is 5.75 Å². The third-order valence-electron chi connectivity index (χ3n) is 5.10. The molecule has 27 heavy (non-hydrogen) atoms. The van der Waals surface area contributed by atoms with Gasteiger partial charge in [-0.1, -0.05) is 48.5 Å². The van der Waals surface area contributed by atoms with Crippen LogP contribution in [-0.2, 0) is 13.7 Å². The average Bonchev–Trinajstić information content (AvgIpc) is 3.07. The van der Waals surface area contributed by atoms with Crippen LogP contribution in [0.25, 0.3) is 10.8 Å². The van der Waals surface area contributed by atoms with Crippen molar-refractivity contribution in [1.29, 1.82) is 0 Å². The maximum absolute atomic E-state index is 5.95. The molecule has 0 bridgehead atoms. The third kappa shape index (κ3) is 4.62. The Morgan fingerprint density at radius 1 is 1.00 bits per heavy atom. The summed E-state index contributed by atoms with van der Waals surface area (Å²) in [7, 11) is 2.02. The second-order valence-corrected chi connectivity index (χ2v) is 8.07. The fraction of sp³-hybridized carbons (Fsp3) is 0.429. The number of benzene rings is 2. The average molecular weight is 383 g/mol. The van der Waals surface area contributed by atoms with E-state index in [4.69, 9.17) is 4.74 Å². The van der Waals surface area contributed by atoms with Gasteiger partial charge >= 0.3 is 0 Å². The zero-order valence-electron chi connectivity index (χ0n) is 15.8. The lowest BCUT2D eigenvalue weighted by molar-refractivity contribution is 0.242. The van der Waals surface area contributed by atoms with Crippen molar-refractivity contribution in [2.75, 3.05) is 25.4 Å². The van der Waals surface area contributed by atoms with Crippen molar-refractivity contribution in [3.05, 3.63) is 48.3 Å². The molecule has 0 amide bonds. The summed E-state index contributed by atoms with van der Waals surface area (Å²) in [5.74, 6) is 2.76. The predicted octanol–water partition coefficient (Wildman–Crippen LogP) is 4.13. The second kappa shape index (κ2) is 8.76. The Morgan fingerprint density at radius 3 is 2.67 bits per heavy atom. The first-order valence-electron chi connectivity index (χ1n) is 9.64. The number of ether oxygens (including phenoxy) is 1. The van der Waals surface area contributed by atoms with Gasteiger partial charge in [-0.05, 0) is 48.8 Å². The van der Waals surface area contributed by atoms with Crippen LogP contribution >= 0.6 is 11.8 Å². The molecule has 0 atom stereocenters. The summed E-state index contributed by atoms with van der Waals surface area (Å²) >= 11 is 1.78. The van der Waals surface area contributed by atoms with E-state index in [1.165, 1.54) is 43.1 Å². The molecular weight excluding hydrogens is 356 g/mol. The smallest absolute Gasteiger partial charge is 0.191 e. The van der Waals surface area contributed by atoms with Gasteiger partial charge in [0.05, 0.1) is 0 Å². The van der Waals surface area contributed by atoms with Crippen LogP contribution in [0.2, 0.25) is 0 Å². The van der Waals surface area contributed by atoms with E-state index in [0.29, 0.717) is 6.61 Å². The molecule has 5 nitrogen and oxygen atoms in total. The Morgan fingerprint density at radius 2 is 1.81 bits per heavy atom. The monoisotopic (exact) mass is 382 g/mol. The normalized spacial score (nSPS) is 15.3. The predicted molar refractivity (Wildman–Crippen MR) is 110 cm³/mol. The molecule has 142 valence electrons. The van der Waals surface area contributed by atoms with Crippen LogP contribution in [0.3, 0.4) is 0 Å². The Hall–Kier alpha value is -2.05. The standard InChI is InChI=1S/C21H26N4OS/c1-24-20(16-26-19-10-9-17-7-3-4-8-18(17)15-19)22-23-21(24)27-14-13-25-11-5-2-6-12-25/h3-4,7-10,15H,2,5-6,11-14,16H2,1H3. The van der Waals surface area contributed by atoms with Crippen LogP contribution in [0.15, 0.2) is 47.6 Å². The van der Waals surface area contributed by atoms with Crippen molar-refractivity contribution in [3.8, 4) is 5.75 Å². The van der Waals surface area contributed by atoms with E-state index >= 15 is 0 Å². The van der Waals surface area contributed by atoms with Gasteiger partial charge in [0.2, 0.25) is 0 Å². The van der Waals surface area contributed by atoms with E-state index < -0.39 is 0 Å². The van der Waals surface area contributed by atoms with Gasteiger partial charge in [-0.3, -0.25) is 0 Å². The van der Waals surface area contributed by atoms with Crippen LogP contribution in [0.4, 0.5) is 0 Å². The summed E-state index contributed by atoms with van der Waals surface area (Å²) < 4.78 is 8.00. The van der Waals surface area contributed by atoms with Gasteiger partial charge in [0.15, 0.2) is 11.0 Å². The van der Waals surface area contributed by atoms with Crippen molar-refractivity contribution < 1.29 is 4.74 Å². The van der Waals surface area contributed by atoms with E-state index in [9.17, 15) is 0 Å². The van der Waals surface area contributed by atoms with Gasteiger partial charge < -0.3 is 14.2 Å². The Kier molecular flexibility index (Phi) is 5.94. The summed E-state index contributed by atoms with van der Waals surface area (Å²) in [6.07, 6.45) is 4.06. The van der Waals surface area contributed by atoms with E-state index in [1.54, 1.807) is 11.8 Å². The Labute approximate surface area is 164 Å². The molecule has 1 aliphatic heterocycles. The Bertz CT molecular complexity index is 889. The minimum Gasteiger partial charge on any atom is -0.486 e. The van der Waals surface area contributed by atoms with Gasteiger partial charge in [0.1, 0.15) is 12.4 Å². The number of aromatic nitrogens is 3. The first kappa shape index (κ1) is 18.3. The summed E-state index contributed by atoms with van der Waals surface area (Å²) in [5, 5.41) is 12.0. The van der Waals surface area contributed by atoms with E-state index in [2.05, 4.69) is 39.4 Å². The number of hydrogen-bond donors (Lipinski definition) is 0. The number of hydrogen-bond acceptors (Lipinski definition) is 5. The molecule has 4 rings (SSSR count). The number of rotatable bonds is 7. The fourth-order valence-electron chi connectivity index (χ4n) is 3.45. The van der Waals surface area contributed by atoms with Gasteiger partial charge in [-0.25, -0.2) is 0 Å². The highest BCUT2D eigenvalue weighted by molar-refractivity contribution is 7.99. The molecular formula is C21H26N4OS. The number of likely N-dealkylation sites (tertiary alicyclic amines) is 1. The molecule has 0 N–H and O–H groups in total.